The average molecular weight is 366 g/mol. The number of aromatic nitrogens is 1. The molecular formula is C20H35N3O3. The molecule has 0 aliphatic rings. The van der Waals surface area contributed by atoms with Gasteiger partial charge in [-0.3, -0.25) is 9.59 Å². The van der Waals surface area contributed by atoms with Crippen molar-refractivity contribution in [3.8, 4) is 0 Å². The van der Waals surface area contributed by atoms with Crippen molar-refractivity contribution in [3.05, 3.63) is 12.3 Å². The number of carbonyl (C=O) groups excluding carboxylic acids is 2. The fourth-order valence-electron chi connectivity index (χ4n) is 2.87. The largest absolute Gasteiger partial charge is 0.363 e. The Morgan fingerprint density at radius 2 is 1.65 bits per heavy atom. The van der Waals surface area contributed by atoms with E-state index in [1.807, 2.05) is 0 Å². The summed E-state index contributed by atoms with van der Waals surface area (Å²) < 4.78 is 4.70. The third kappa shape index (κ3) is 10.2. The highest BCUT2D eigenvalue weighted by atomic mass is 16.5. The highest BCUT2D eigenvalue weighted by molar-refractivity contribution is 5.93. The van der Waals surface area contributed by atoms with Crippen LogP contribution in [0.2, 0.25) is 0 Å². The molecule has 6 nitrogen and oxygen atoms in total. The maximum atomic E-state index is 12.5. The molecule has 2 amide bonds. The number of amides is 2. The van der Waals surface area contributed by atoms with Gasteiger partial charge in [0.2, 0.25) is 11.8 Å². The average Bonchev–Trinajstić information content (AvgIpc) is 3.13. The molecule has 0 fully saturated rings. The molecule has 0 saturated carbocycles. The first kappa shape index (κ1) is 22.2. The Morgan fingerprint density at radius 3 is 2.31 bits per heavy atom. The van der Waals surface area contributed by atoms with Crippen LogP contribution in [-0.4, -0.2) is 35.0 Å². The van der Waals surface area contributed by atoms with Crippen molar-refractivity contribution >= 4 is 17.6 Å². The molecule has 0 aliphatic carbocycles. The molecule has 0 unspecified atom stereocenters. The van der Waals surface area contributed by atoms with E-state index in [-0.39, 0.29) is 18.4 Å². The van der Waals surface area contributed by atoms with E-state index in [2.05, 4.69) is 24.3 Å². The highest BCUT2D eigenvalue weighted by Crippen LogP contribution is 2.11. The number of hydrogen-bond acceptors (Lipinski definition) is 4. The topological polar surface area (TPSA) is 75.4 Å². The van der Waals surface area contributed by atoms with Gasteiger partial charge in [-0.2, -0.15) is 0 Å². The zero-order valence-corrected chi connectivity index (χ0v) is 16.5. The molecule has 0 atom stereocenters. The van der Waals surface area contributed by atoms with Gasteiger partial charge in [-0.15, -0.1) is 0 Å². The van der Waals surface area contributed by atoms with Gasteiger partial charge in [0.15, 0.2) is 5.82 Å². The minimum absolute atomic E-state index is 0.0740. The van der Waals surface area contributed by atoms with Gasteiger partial charge in [0.05, 0.1) is 6.54 Å². The lowest BCUT2D eigenvalue weighted by molar-refractivity contribution is -0.134. The standard InChI is InChI=1S/C20H35N3O3/c1-3-5-7-8-9-10-11-13-20(25)23(15-12-6-4-2)17-19(24)21-18-14-16-26-22-18/h14,16H,3-13,15,17H2,1-2H3,(H,21,22,24). The molecule has 0 aliphatic heterocycles. The quantitative estimate of drug-likeness (QED) is 0.454. The summed E-state index contributed by atoms with van der Waals surface area (Å²) in [5.74, 6) is 0.219. The maximum Gasteiger partial charge on any atom is 0.245 e. The molecule has 1 heterocycles. The second kappa shape index (κ2) is 14.3. The molecule has 0 saturated heterocycles. The Kier molecular flexibility index (Phi) is 12.2. The smallest absolute Gasteiger partial charge is 0.245 e. The van der Waals surface area contributed by atoms with Gasteiger partial charge in [0.25, 0.3) is 0 Å². The molecule has 0 bridgehead atoms. The third-order valence-corrected chi connectivity index (χ3v) is 4.42. The summed E-state index contributed by atoms with van der Waals surface area (Å²) in [5.41, 5.74) is 0. The molecule has 1 N–H and O–H groups in total. The Morgan fingerprint density at radius 1 is 1.00 bits per heavy atom. The van der Waals surface area contributed by atoms with Crippen LogP contribution in [0.3, 0.4) is 0 Å². The van der Waals surface area contributed by atoms with Crippen LogP contribution in [-0.2, 0) is 9.59 Å². The second-order valence-electron chi connectivity index (χ2n) is 6.83. The number of nitrogens with zero attached hydrogens (tertiary/aromatic N) is 2. The van der Waals surface area contributed by atoms with Crippen LogP contribution in [0.25, 0.3) is 0 Å². The van der Waals surface area contributed by atoms with Crippen LogP contribution < -0.4 is 5.32 Å². The van der Waals surface area contributed by atoms with E-state index in [9.17, 15) is 9.59 Å². The fourth-order valence-corrected chi connectivity index (χ4v) is 2.87. The lowest BCUT2D eigenvalue weighted by atomic mass is 10.1. The number of hydrogen-bond donors (Lipinski definition) is 1. The van der Waals surface area contributed by atoms with Gasteiger partial charge in [-0.25, -0.2) is 0 Å². The number of anilines is 1. The summed E-state index contributed by atoms with van der Waals surface area (Å²) in [6.07, 6.45) is 13.3. The third-order valence-electron chi connectivity index (χ3n) is 4.42. The van der Waals surface area contributed by atoms with E-state index in [4.69, 9.17) is 4.52 Å². The zero-order valence-electron chi connectivity index (χ0n) is 16.5. The summed E-state index contributed by atoms with van der Waals surface area (Å²) in [7, 11) is 0. The molecule has 0 spiro atoms. The minimum atomic E-state index is -0.233. The molecule has 26 heavy (non-hydrogen) atoms. The first-order chi connectivity index (χ1) is 12.7. The van der Waals surface area contributed by atoms with Crippen LogP contribution in [0, 0.1) is 0 Å². The SMILES string of the molecule is CCCCCCCCCC(=O)N(CCCCC)CC(=O)Nc1ccon1. The summed E-state index contributed by atoms with van der Waals surface area (Å²) >= 11 is 0. The summed E-state index contributed by atoms with van der Waals surface area (Å²) in [5, 5.41) is 6.32. The predicted octanol–water partition coefficient (Wildman–Crippen LogP) is 4.77. The van der Waals surface area contributed by atoms with Gasteiger partial charge in [0.1, 0.15) is 6.26 Å². The van der Waals surface area contributed by atoms with Crippen LogP contribution in [0.4, 0.5) is 5.82 Å². The van der Waals surface area contributed by atoms with E-state index in [0.717, 1.165) is 32.1 Å². The minimum Gasteiger partial charge on any atom is -0.363 e. The molecule has 1 aromatic rings. The summed E-state index contributed by atoms with van der Waals surface area (Å²) in [4.78, 5) is 26.4. The van der Waals surface area contributed by atoms with Gasteiger partial charge in [-0.05, 0) is 12.8 Å². The Balaban J connectivity index is 2.35. The summed E-state index contributed by atoms with van der Waals surface area (Å²) in [6, 6.07) is 1.58. The molecule has 1 aromatic heterocycles. The molecular weight excluding hydrogens is 330 g/mol. The van der Waals surface area contributed by atoms with Crippen molar-refractivity contribution < 1.29 is 14.1 Å². The first-order valence-electron chi connectivity index (χ1n) is 10.1. The number of carbonyl (C=O) groups is 2. The van der Waals surface area contributed by atoms with Crippen LogP contribution in [0.5, 0.6) is 0 Å². The van der Waals surface area contributed by atoms with Crippen molar-refractivity contribution in [2.24, 2.45) is 0 Å². The van der Waals surface area contributed by atoms with E-state index in [1.54, 1.807) is 11.0 Å². The Labute approximate surface area is 157 Å². The van der Waals surface area contributed by atoms with Gasteiger partial charge in [-0.1, -0.05) is 70.4 Å². The van der Waals surface area contributed by atoms with Gasteiger partial charge >= 0.3 is 0 Å². The van der Waals surface area contributed by atoms with Crippen LogP contribution in [0.15, 0.2) is 16.9 Å². The van der Waals surface area contributed by atoms with E-state index < -0.39 is 0 Å². The Hall–Kier alpha value is -1.85. The highest BCUT2D eigenvalue weighted by Gasteiger charge is 2.17. The van der Waals surface area contributed by atoms with Crippen molar-refractivity contribution in [2.45, 2.75) is 84.5 Å². The number of unbranched alkanes of at least 4 members (excludes halogenated alkanes) is 8. The van der Waals surface area contributed by atoms with Crippen molar-refractivity contribution in [1.29, 1.82) is 0 Å². The molecule has 1 rings (SSSR count). The molecule has 6 heteroatoms. The lowest BCUT2D eigenvalue weighted by Crippen LogP contribution is -2.38. The van der Waals surface area contributed by atoms with Crippen molar-refractivity contribution in [3.63, 3.8) is 0 Å². The first-order valence-corrected chi connectivity index (χ1v) is 10.1. The van der Waals surface area contributed by atoms with Crippen LogP contribution >= 0.6 is 0 Å². The van der Waals surface area contributed by atoms with Gasteiger partial charge in [0, 0.05) is 19.0 Å². The molecule has 0 aromatic carbocycles. The molecule has 0 radical (unpaired) electrons. The van der Waals surface area contributed by atoms with Crippen LogP contribution in [0.1, 0.15) is 84.5 Å². The zero-order chi connectivity index (χ0) is 19.0. The summed E-state index contributed by atoms with van der Waals surface area (Å²) in [6.45, 7) is 5.05. The monoisotopic (exact) mass is 365 g/mol. The van der Waals surface area contributed by atoms with E-state index in [0.29, 0.717) is 18.8 Å². The fraction of sp³-hybridized carbons (Fsp3) is 0.750. The number of rotatable bonds is 15. The van der Waals surface area contributed by atoms with Gasteiger partial charge < -0.3 is 14.7 Å². The van der Waals surface area contributed by atoms with Crippen molar-refractivity contribution in [2.75, 3.05) is 18.4 Å². The predicted molar refractivity (Wildman–Crippen MR) is 104 cm³/mol. The maximum absolute atomic E-state index is 12.5. The second-order valence-corrected chi connectivity index (χ2v) is 6.83. The Bertz CT molecular complexity index is 489. The van der Waals surface area contributed by atoms with E-state index >= 15 is 0 Å². The normalized spacial score (nSPS) is 10.7. The van der Waals surface area contributed by atoms with E-state index in [1.165, 1.54) is 38.4 Å². The number of nitrogens with one attached hydrogen (secondary N) is 1. The molecule has 148 valence electrons. The van der Waals surface area contributed by atoms with Crippen molar-refractivity contribution in [1.82, 2.24) is 10.1 Å². The lowest BCUT2D eigenvalue weighted by Gasteiger charge is -2.22.